The average Bonchev–Trinajstić information content (AvgIpc) is 2.56. The first-order valence-electron chi connectivity index (χ1n) is 5.44. The van der Waals surface area contributed by atoms with Crippen molar-refractivity contribution in [2.45, 2.75) is 25.3 Å². The van der Waals surface area contributed by atoms with Crippen molar-refractivity contribution in [2.24, 2.45) is 5.84 Å². The standard InChI is InChI=1S/C11H13FN4/c12-8-5-2-6-9-10(8)16(7-3-1-4-7)11(14-9)15-13/h2,5-7H,1,3-4,13H2,(H,14,15). The van der Waals surface area contributed by atoms with Gasteiger partial charge in [0.05, 0.1) is 5.52 Å². The fourth-order valence-corrected chi connectivity index (χ4v) is 2.21. The molecular formula is C11H13FN4. The molecule has 1 aromatic carbocycles. The van der Waals surface area contributed by atoms with Gasteiger partial charge in [-0.25, -0.2) is 15.2 Å². The molecule has 5 heteroatoms. The Labute approximate surface area is 92.2 Å². The second-order valence-electron chi connectivity index (χ2n) is 4.14. The minimum absolute atomic E-state index is 0.238. The van der Waals surface area contributed by atoms with Gasteiger partial charge in [0.15, 0.2) is 0 Å². The van der Waals surface area contributed by atoms with Crippen molar-refractivity contribution in [3.05, 3.63) is 24.0 Å². The van der Waals surface area contributed by atoms with Crippen LogP contribution in [0.5, 0.6) is 0 Å². The summed E-state index contributed by atoms with van der Waals surface area (Å²) in [5.74, 6) is 5.73. The minimum atomic E-state index is -0.238. The summed E-state index contributed by atoms with van der Waals surface area (Å²) >= 11 is 0. The van der Waals surface area contributed by atoms with Crippen molar-refractivity contribution in [1.82, 2.24) is 9.55 Å². The largest absolute Gasteiger partial charge is 0.304 e. The van der Waals surface area contributed by atoms with Crippen molar-refractivity contribution in [3.8, 4) is 0 Å². The van der Waals surface area contributed by atoms with Gasteiger partial charge in [-0.3, -0.25) is 5.43 Å². The van der Waals surface area contributed by atoms with E-state index < -0.39 is 0 Å². The molecule has 1 aliphatic carbocycles. The third-order valence-corrected chi connectivity index (χ3v) is 3.23. The van der Waals surface area contributed by atoms with Gasteiger partial charge >= 0.3 is 0 Å². The Balaban J connectivity index is 2.28. The Morgan fingerprint density at radius 3 is 2.88 bits per heavy atom. The zero-order valence-electron chi connectivity index (χ0n) is 8.78. The molecule has 2 aromatic rings. The minimum Gasteiger partial charge on any atom is -0.304 e. The monoisotopic (exact) mass is 220 g/mol. The molecule has 0 amide bonds. The highest BCUT2D eigenvalue weighted by molar-refractivity contribution is 5.79. The van der Waals surface area contributed by atoms with Crippen LogP contribution in [0, 0.1) is 5.82 Å². The van der Waals surface area contributed by atoms with Crippen LogP contribution >= 0.6 is 0 Å². The van der Waals surface area contributed by atoms with Gasteiger partial charge in [-0.1, -0.05) is 6.07 Å². The number of nitrogens with zero attached hydrogens (tertiary/aromatic N) is 2. The van der Waals surface area contributed by atoms with Crippen LogP contribution in [0.2, 0.25) is 0 Å². The van der Waals surface area contributed by atoms with Crippen LogP contribution in [0.3, 0.4) is 0 Å². The first kappa shape index (κ1) is 9.59. The molecule has 0 radical (unpaired) electrons. The maximum Gasteiger partial charge on any atom is 0.218 e. The summed E-state index contributed by atoms with van der Waals surface area (Å²) in [6, 6.07) is 5.25. The summed E-state index contributed by atoms with van der Waals surface area (Å²) < 4.78 is 15.7. The van der Waals surface area contributed by atoms with Gasteiger partial charge in [-0.2, -0.15) is 0 Å². The molecule has 1 heterocycles. The maximum absolute atomic E-state index is 13.8. The topological polar surface area (TPSA) is 55.9 Å². The number of fused-ring (bicyclic) bond motifs is 1. The summed E-state index contributed by atoms with van der Waals surface area (Å²) in [4.78, 5) is 4.28. The van der Waals surface area contributed by atoms with Crippen molar-refractivity contribution in [2.75, 3.05) is 5.43 Å². The average molecular weight is 220 g/mol. The number of nitrogens with one attached hydrogen (secondary N) is 1. The van der Waals surface area contributed by atoms with Gasteiger partial charge in [0.2, 0.25) is 5.95 Å². The van der Waals surface area contributed by atoms with E-state index in [0.717, 1.165) is 12.8 Å². The predicted octanol–water partition coefficient (Wildman–Crippen LogP) is 2.19. The molecule has 3 rings (SSSR count). The number of nitrogens with two attached hydrogens (primary N) is 1. The number of hydrazine groups is 1. The molecule has 1 fully saturated rings. The molecule has 1 aromatic heterocycles. The lowest BCUT2D eigenvalue weighted by atomic mass is 9.93. The quantitative estimate of drug-likeness (QED) is 0.602. The highest BCUT2D eigenvalue weighted by Gasteiger charge is 2.25. The zero-order chi connectivity index (χ0) is 11.1. The van der Waals surface area contributed by atoms with Gasteiger partial charge in [0.25, 0.3) is 0 Å². The van der Waals surface area contributed by atoms with Gasteiger partial charge < -0.3 is 4.57 Å². The Kier molecular flexibility index (Phi) is 2.07. The summed E-state index contributed by atoms with van der Waals surface area (Å²) in [7, 11) is 0. The summed E-state index contributed by atoms with van der Waals surface area (Å²) in [6.07, 6.45) is 3.31. The van der Waals surface area contributed by atoms with Crippen molar-refractivity contribution in [1.29, 1.82) is 0 Å². The molecule has 0 bridgehead atoms. The Bertz CT molecular complexity index is 530. The van der Waals surface area contributed by atoms with Gasteiger partial charge in [-0.05, 0) is 31.4 Å². The highest BCUT2D eigenvalue weighted by Crippen LogP contribution is 2.37. The summed E-state index contributed by atoms with van der Waals surface area (Å²) in [6.45, 7) is 0. The Morgan fingerprint density at radius 2 is 2.25 bits per heavy atom. The van der Waals surface area contributed by atoms with E-state index in [1.165, 1.54) is 12.5 Å². The van der Waals surface area contributed by atoms with Gasteiger partial charge in [0.1, 0.15) is 11.3 Å². The Hall–Kier alpha value is -1.62. The maximum atomic E-state index is 13.8. The third-order valence-electron chi connectivity index (χ3n) is 3.23. The lowest BCUT2D eigenvalue weighted by Crippen LogP contribution is -2.21. The summed E-state index contributed by atoms with van der Waals surface area (Å²) in [5.41, 5.74) is 3.75. The van der Waals surface area contributed by atoms with E-state index in [2.05, 4.69) is 10.4 Å². The number of aromatic nitrogens is 2. The van der Waals surface area contributed by atoms with Crippen molar-refractivity contribution in [3.63, 3.8) is 0 Å². The molecular weight excluding hydrogens is 207 g/mol. The van der Waals surface area contributed by atoms with E-state index in [9.17, 15) is 4.39 Å². The molecule has 3 N–H and O–H groups in total. The first-order chi connectivity index (χ1) is 7.81. The molecule has 0 atom stereocenters. The van der Waals surface area contributed by atoms with Crippen LogP contribution < -0.4 is 11.3 Å². The molecule has 84 valence electrons. The molecule has 1 aliphatic rings. The SMILES string of the molecule is NNc1nc2cccc(F)c2n1C1CCC1. The van der Waals surface area contributed by atoms with Crippen molar-refractivity contribution >= 4 is 17.0 Å². The molecule has 1 saturated carbocycles. The second-order valence-corrected chi connectivity index (χ2v) is 4.14. The van der Waals surface area contributed by atoms with Crippen molar-refractivity contribution < 1.29 is 4.39 Å². The Morgan fingerprint density at radius 1 is 1.44 bits per heavy atom. The number of imidazole rings is 1. The smallest absolute Gasteiger partial charge is 0.218 e. The van der Waals surface area contributed by atoms with Crippen LogP contribution in [0.25, 0.3) is 11.0 Å². The second kappa shape index (κ2) is 3.45. The van der Waals surface area contributed by atoms with Crippen LogP contribution in [0.15, 0.2) is 18.2 Å². The first-order valence-corrected chi connectivity index (χ1v) is 5.44. The molecule has 0 spiro atoms. The van der Waals surface area contributed by atoms with Gasteiger partial charge in [-0.15, -0.1) is 0 Å². The zero-order valence-corrected chi connectivity index (χ0v) is 8.78. The lowest BCUT2D eigenvalue weighted by Gasteiger charge is -2.28. The number of halogens is 1. The fraction of sp³-hybridized carbons (Fsp3) is 0.364. The van der Waals surface area contributed by atoms with E-state index in [1.54, 1.807) is 12.1 Å². The van der Waals surface area contributed by atoms with Crippen LogP contribution in [0.1, 0.15) is 25.3 Å². The normalized spacial score (nSPS) is 16.4. The molecule has 0 unspecified atom stereocenters. The van der Waals surface area contributed by atoms with E-state index in [1.807, 2.05) is 4.57 Å². The van der Waals surface area contributed by atoms with Gasteiger partial charge in [0, 0.05) is 6.04 Å². The predicted molar refractivity (Wildman–Crippen MR) is 60.4 cm³/mol. The summed E-state index contributed by atoms with van der Waals surface area (Å²) in [5, 5.41) is 0. The number of hydrogen-bond donors (Lipinski definition) is 2. The molecule has 16 heavy (non-hydrogen) atoms. The number of anilines is 1. The van der Waals surface area contributed by atoms with E-state index in [0.29, 0.717) is 23.0 Å². The van der Waals surface area contributed by atoms with Crippen LogP contribution in [-0.2, 0) is 0 Å². The number of benzene rings is 1. The highest BCUT2D eigenvalue weighted by atomic mass is 19.1. The molecule has 0 aliphatic heterocycles. The van der Waals surface area contributed by atoms with E-state index >= 15 is 0 Å². The number of rotatable bonds is 2. The van der Waals surface area contributed by atoms with Crippen LogP contribution in [-0.4, -0.2) is 9.55 Å². The van der Waals surface area contributed by atoms with E-state index in [4.69, 9.17) is 5.84 Å². The van der Waals surface area contributed by atoms with Crippen LogP contribution in [0.4, 0.5) is 10.3 Å². The molecule has 4 nitrogen and oxygen atoms in total. The number of para-hydroxylation sites is 1. The van der Waals surface area contributed by atoms with E-state index in [-0.39, 0.29) is 5.82 Å². The molecule has 0 saturated heterocycles. The number of nitrogen functional groups attached to an aromatic ring is 1. The lowest BCUT2D eigenvalue weighted by molar-refractivity contribution is 0.321. The third kappa shape index (κ3) is 1.21. The number of hydrogen-bond acceptors (Lipinski definition) is 3. The fourth-order valence-electron chi connectivity index (χ4n) is 2.21.